The van der Waals surface area contributed by atoms with Crippen molar-refractivity contribution >= 4 is 33.1 Å². The maximum absolute atomic E-state index is 12.9. The lowest BCUT2D eigenvalue weighted by Gasteiger charge is -2.22. The molecule has 0 aromatic carbocycles. The average molecular weight is 302 g/mol. The van der Waals surface area contributed by atoms with Gasteiger partial charge in [-0.15, -0.1) is 16.4 Å². The summed E-state index contributed by atoms with van der Waals surface area (Å²) < 4.78 is 0. The smallest absolute Gasteiger partial charge is 0.266 e. The molecule has 2 N–H and O–H groups in total. The number of carbonyl (C=O) groups is 1. The average Bonchev–Trinajstić information content (AvgIpc) is 3.40. The van der Waals surface area contributed by atoms with Crippen molar-refractivity contribution in [2.75, 3.05) is 18.8 Å². The van der Waals surface area contributed by atoms with Gasteiger partial charge >= 0.3 is 0 Å². The van der Waals surface area contributed by atoms with Crippen LogP contribution in [0.5, 0.6) is 0 Å². The number of carbonyl (C=O) groups excluding carboxylic acids is 1. The Bertz CT molecular complexity index is 676. The van der Waals surface area contributed by atoms with Crippen molar-refractivity contribution in [3.05, 3.63) is 17.1 Å². The number of hydrogen-bond acceptors (Lipinski definition) is 5. The predicted octanol–water partition coefficient (Wildman–Crippen LogP) is 2.54. The van der Waals surface area contributed by atoms with Crippen LogP contribution < -0.4 is 5.73 Å². The molecule has 0 bridgehead atoms. The van der Waals surface area contributed by atoms with Gasteiger partial charge < -0.3 is 10.6 Å². The summed E-state index contributed by atoms with van der Waals surface area (Å²) in [4.78, 5) is 16.3. The SMILES string of the molecule is Nc1c(C(=O)N(CC2CC2)CC2CC2)sc2nnccc12. The van der Waals surface area contributed by atoms with Gasteiger partial charge in [0.1, 0.15) is 9.71 Å². The summed E-state index contributed by atoms with van der Waals surface area (Å²) in [5.41, 5.74) is 6.73. The monoisotopic (exact) mass is 302 g/mol. The molecular weight excluding hydrogens is 284 g/mol. The van der Waals surface area contributed by atoms with E-state index < -0.39 is 0 Å². The molecule has 0 atom stereocenters. The Balaban J connectivity index is 1.64. The predicted molar refractivity (Wildman–Crippen MR) is 83.2 cm³/mol. The molecule has 4 rings (SSSR count). The normalized spacial score (nSPS) is 18.1. The Morgan fingerprint density at radius 3 is 2.52 bits per heavy atom. The molecule has 0 radical (unpaired) electrons. The second kappa shape index (κ2) is 4.94. The first-order valence-electron chi connectivity index (χ1n) is 7.51. The molecule has 2 aromatic rings. The van der Waals surface area contributed by atoms with E-state index in [0.29, 0.717) is 22.4 Å². The van der Waals surface area contributed by atoms with Crippen LogP contribution in [0.2, 0.25) is 0 Å². The van der Waals surface area contributed by atoms with Crippen molar-refractivity contribution < 1.29 is 4.79 Å². The lowest BCUT2D eigenvalue weighted by Crippen LogP contribution is -2.34. The van der Waals surface area contributed by atoms with Crippen LogP contribution >= 0.6 is 11.3 Å². The third kappa shape index (κ3) is 2.60. The molecule has 2 saturated carbocycles. The van der Waals surface area contributed by atoms with Gasteiger partial charge in [0.15, 0.2) is 0 Å². The van der Waals surface area contributed by atoms with Crippen LogP contribution in [0.3, 0.4) is 0 Å². The summed E-state index contributed by atoms with van der Waals surface area (Å²) in [6, 6.07) is 1.83. The number of amides is 1. The van der Waals surface area contributed by atoms with E-state index in [4.69, 9.17) is 5.73 Å². The fraction of sp³-hybridized carbons (Fsp3) is 0.533. The maximum atomic E-state index is 12.9. The molecular formula is C15H18N4OS. The Morgan fingerprint density at radius 1 is 1.29 bits per heavy atom. The Morgan fingerprint density at radius 2 is 1.95 bits per heavy atom. The standard InChI is InChI=1S/C15H18N4OS/c16-12-11-5-6-17-18-14(11)21-13(12)15(20)19(7-9-1-2-9)8-10-3-4-10/h5-6,9-10H,1-4,7-8,16H2. The summed E-state index contributed by atoms with van der Waals surface area (Å²) in [6.45, 7) is 1.77. The fourth-order valence-corrected chi connectivity index (χ4v) is 3.65. The topological polar surface area (TPSA) is 72.1 Å². The van der Waals surface area contributed by atoms with Crippen molar-refractivity contribution in [1.82, 2.24) is 15.1 Å². The summed E-state index contributed by atoms with van der Waals surface area (Å²) in [5.74, 6) is 1.47. The van der Waals surface area contributed by atoms with Crippen LogP contribution in [0.4, 0.5) is 5.69 Å². The third-order valence-electron chi connectivity index (χ3n) is 4.25. The molecule has 21 heavy (non-hydrogen) atoms. The number of thiophene rings is 1. The first kappa shape index (κ1) is 13.0. The number of nitrogens with two attached hydrogens (primary N) is 1. The van der Waals surface area contributed by atoms with Gasteiger partial charge in [-0.3, -0.25) is 4.79 Å². The minimum absolute atomic E-state index is 0.0781. The first-order chi connectivity index (χ1) is 10.2. The molecule has 0 aliphatic heterocycles. The molecule has 2 heterocycles. The number of nitrogens with zero attached hydrogens (tertiary/aromatic N) is 3. The molecule has 2 aliphatic rings. The highest BCUT2D eigenvalue weighted by Crippen LogP contribution is 2.37. The van der Waals surface area contributed by atoms with Gasteiger partial charge in [0.25, 0.3) is 5.91 Å². The van der Waals surface area contributed by atoms with E-state index >= 15 is 0 Å². The van der Waals surface area contributed by atoms with Crippen LogP contribution in [0.25, 0.3) is 10.2 Å². The van der Waals surface area contributed by atoms with Gasteiger partial charge in [0, 0.05) is 18.5 Å². The summed E-state index contributed by atoms with van der Waals surface area (Å²) in [7, 11) is 0. The van der Waals surface area contributed by atoms with Gasteiger partial charge in [-0.05, 0) is 43.6 Å². The van der Waals surface area contributed by atoms with E-state index in [1.807, 2.05) is 11.0 Å². The minimum atomic E-state index is 0.0781. The quantitative estimate of drug-likeness (QED) is 0.921. The van der Waals surface area contributed by atoms with Gasteiger partial charge in [0.05, 0.1) is 11.9 Å². The Kier molecular flexibility index (Phi) is 3.06. The maximum Gasteiger partial charge on any atom is 0.266 e. The lowest BCUT2D eigenvalue weighted by atomic mass is 10.2. The second-order valence-corrected chi connectivity index (χ2v) is 7.19. The van der Waals surface area contributed by atoms with E-state index in [2.05, 4.69) is 10.2 Å². The van der Waals surface area contributed by atoms with E-state index in [9.17, 15) is 4.79 Å². The van der Waals surface area contributed by atoms with Crippen molar-refractivity contribution in [2.24, 2.45) is 11.8 Å². The zero-order chi connectivity index (χ0) is 14.4. The summed E-state index contributed by atoms with van der Waals surface area (Å²) >= 11 is 1.37. The van der Waals surface area contributed by atoms with Gasteiger partial charge in [-0.1, -0.05) is 0 Å². The number of anilines is 1. The molecule has 0 spiro atoms. The number of rotatable bonds is 5. The molecule has 1 amide bonds. The summed E-state index contributed by atoms with van der Waals surface area (Å²) in [5, 5.41) is 8.78. The molecule has 0 unspecified atom stereocenters. The highest BCUT2D eigenvalue weighted by atomic mass is 32.1. The number of hydrogen-bond donors (Lipinski definition) is 1. The largest absolute Gasteiger partial charge is 0.397 e. The van der Waals surface area contributed by atoms with E-state index in [1.54, 1.807) is 6.20 Å². The molecule has 0 saturated heterocycles. The number of nitrogen functional groups attached to an aromatic ring is 1. The zero-order valence-corrected chi connectivity index (χ0v) is 12.6. The zero-order valence-electron chi connectivity index (χ0n) is 11.8. The number of fused-ring (bicyclic) bond motifs is 1. The van der Waals surface area contributed by atoms with Crippen molar-refractivity contribution in [3.8, 4) is 0 Å². The Labute approximate surface area is 127 Å². The van der Waals surface area contributed by atoms with Crippen molar-refractivity contribution in [3.63, 3.8) is 0 Å². The number of aromatic nitrogens is 2. The van der Waals surface area contributed by atoms with E-state index in [-0.39, 0.29) is 5.91 Å². The van der Waals surface area contributed by atoms with Crippen LogP contribution in [-0.4, -0.2) is 34.1 Å². The van der Waals surface area contributed by atoms with Crippen molar-refractivity contribution in [1.29, 1.82) is 0 Å². The first-order valence-corrected chi connectivity index (χ1v) is 8.33. The molecule has 5 nitrogen and oxygen atoms in total. The van der Waals surface area contributed by atoms with Crippen LogP contribution in [-0.2, 0) is 0 Å². The van der Waals surface area contributed by atoms with Gasteiger partial charge in [-0.25, -0.2) is 0 Å². The second-order valence-electron chi connectivity index (χ2n) is 6.19. The fourth-order valence-electron chi connectivity index (χ4n) is 2.64. The van der Waals surface area contributed by atoms with Gasteiger partial charge in [0.2, 0.25) is 0 Å². The van der Waals surface area contributed by atoms with E-state index in [0.717, 1.165) is 23.3 Å². The van der Waals surface area contributed by atoms with Crippen LogP contribution in [0, 0.1) is 11.8 Å². The molecule has 2 aliphatic carbocycles. The molecule has 2 fully saturated rings. The van der Waals surface area contributed by atoms with E-state index in [1.165, 1.54) is 37.0 Å². The molecule has 6 heteroatoms. The minimum Gasteiger partial charge on any atom is -0.397 e. The molecule has 110 valence electrons. The third-order valence-corrected chi connectivity index (χ3v) is 5.35. The van der Waals surface area contributed by atoms with Gasteiger partial charge in [-0.2, -0.15) is 5.10 Å². The highest BCUT2D eigenvalue weighted by Gasteiger charge is 2.33. The van der Waals surface area contributed by atoms with Crippen LogP contribution in [0.15, 0.2) is 12.3 Å². The molecule has 2 aromatic heterocycles. The van der Waals surface area contributed by atoms with Crippen LogP contribution in [0.1, 0.15) is 35.4 Å². The summed E-state index contributed by atoms with van der Waals surface area (Å²) in [6.07, 6.45) is 6.62. The van der Waals surface area contributed by atoms with Crippen molar-refractivity contribution in [2.45, 2.75) is 25.7 Å². The highest BCUT2D eigenvalue weighted by molar-refractivity contribution is 7.21. The lowest BCUT2D eigenvalue weighted by molar-refractivity contribution is 0.0745. The Hall–Kier alpha value is -1.69.